The van der Waals surface area contributed by atoms with Crippen LogP contribution in [0.25, 0.3) is 0 Å². The summed E-state index contributed by atoms with van der Waals surface area (Å²) in [7, 11) is 3.84. The van der Waals surface area contributed by atoms with E-state index < -0.39 is 18.1 Å². The lowest BCUT2D eigenvalue weighted by atomic mass is 10.0. The van der Waals surface area contributed by atoms with Crippen LogP contribution < -0.4 is 16.0 Å². The third-order valence-electron chi connectivity index (χ3n) is 6.70. The van der Waals surface area contributed by atoms with Crippen LogP contribution in [0.15, 0.2) is 24.3 Å². The second-order valence-corrected chi connectivity index (χ2v) is 9.88. The topological polar surface area (TPSA) is 116 Å². The minimum absolute atomic E-state index is 0.0227. The summed E-state index contributed by atoms with van der Waals surface area (Å²) < 4.78 is 0. The highest BCUT2D eigenvalue weighted by Crippen LogP contribution is 2.31. The lowest BCUT2D eigenvalue weighted by Crippen LogP contribution is -2.53. The van der Waals surface area contributed by atoms with E-state index in [-0.39, 0.29) is 42.0 Å². The maximum absolute atomic E-state index is 13.6. The zero-order valence-electron chi connectivity index (χ0n) is 20.8. The number of fused-ring (bicyclic) bond motifs is 1. The first-order valence-electron chi connectivity index (χ1n) is 12.0. The van der Waals surface area contributed by atoms with Gasteiger partial charge >= 0.3 is 0 Å². The van der Waals surface area contributed by atoms with Crippen molar-refractivity contribution in [3.8, 4) is 0 Å². The van der Waals surface area contributed by atoms with Gasteiger partial charge in [0.1, 0.15) is 12.1 Å². The minimum atomic E-state index is -0.754. The molecule has 0 aliphatic carbocycles. The summed E-state index contributed by atoms with van der Waals surface area (Å²) in [6.45, 7) is 6.14. The van der Waals surface area contributed by atoms with Crippen LogP contribution in [0.2, 0.25) is 0 Å². The number of hydrogen-bond acceptors (Lipinski definition) is 6. The first kappa shape index (κ1) is 25.7. The molecule has 0 saturated carbocycles. The molecular weight excluding hydrogens is 434 g/mol. The molecule has 2 heterocycles. The fraction of sp³-hybridized carbons (Fsp3) is 0.600. The van der Waals surface area contributed by atoms with Gasteiger partial charge in [-0.25, -0.2) is 0 Å². The van der Waals surface area contributed by atoms with Crippen molar-refractivity contribution >= 4 is 29.2 Å². The third kappa shape index (κ3) is 5.24. The van der Waals surface area contributed by atoms with E-state index in [4.69, 9.17) is 5.73 Å². The average Bonchev–Trinajstić information content (AvgIpc) is 3.38. The van der Waals surface area contributed by atoms with E-state index in [1.807, 2.05) is 51.9 Å². The molecule has 34 heavy (non-hydrogen) atoms. The van der Waals surface area contributed by atoms with E-state index in [0.29, 0.717) is 31.4 Å². The number of likely N-dealkylation sites (tertiary alicyclic amines) is 2. The Morgan fingerprint density at radius 2 is 1.76 bits per heavy atom. The van der Waals surface area contributed by atoms with Crippen LogP contribution in [0.1, 0.15) is 50.4 Å². The molecule has 9 heteroatoms. The monoisotopic (exact) mass is 471 g/mol. The highest BCUT2D eigenvalue weighted by atomic mass is 16.2. The molecule has 2 aliphatic heterocycles. The third-order valence-corrected chi connectivity index (χ3v) is 6.70. The zero-order chi connectivity index (χ0) is 25.2. The van der Waals surface area contributed by atoms with E-state index in [2.05, 4.69) is 5.32 Å². The van der Waals surface area contributed by atoms with Crippen LogP contribution in [-0.4, -0.2) is 84.7 Å². The number of nitrogens with two attached hydrogens (primary N) is 1. The van der Waals surface area contributed by atoms with E-state index >= 15 is 0 Å². The Kier molecular flexibility index (Phi) is 7.97. The maximum atomic E-state index is 13.6. The number of benzene rings is 1. The Labute approximate surface area is 201 Å². The Morgan fingerprint density at radius 1 is 1.12 bits per heavy atom. The quantitative estimate of drug-likeness (QED) is 0.585. The van der Waals surface area contributed by atoms with Gasteiger partial charge in [0.2, 0.25) is 11.8 Å². The van der Waals surface area contributed by atoms with Crippen LogP contribution in [0.3, 0.4) is 0 Å². The predicted octanol–water partition coefficient (Wildman–Crippen LogP) is 1.02. The number of amides is 3. The Bertz CT molecular complexity index is 930. The summed E-state index contributed by atoms with van der Waals surface area (Å²) in [5, 5.41) is 2.89. The van der Waals surface area contributed by atoms with Crippen LogP contribution >= 0.6 is 0 Å². The molecule has 186 valence electrons. The molecule has 3 N–H and O–H groups in total. The Hall–Kier alpha value is -2.94. The number of nitrogens with one attached hydrogen (secondary N) is 1. The molecular formula is C25H37N5O4. The molecule has 4 atom stereocenters. The van der Waals surface area contributed by atoms with Crippen molar-refractivity contribution in [2.45, 2.75) is 64.2 Å². The van der Waals surface area contributed by atoms with Gasteiger partial charge in [0.25, 0.3) is 5.91 Å². The summed E-state index contributed by atoms with van der Waals surface area (Å²) >= 11 is 0. The highest BCUT2D eigenvalue weighted by molar-refractivity contribution is 6.01. The van der Waals surface area contributed by atoms with Crippen molar-refractivity contribution in [2.24, 2.45) is 11.7 Å². The van der Waals surface area contributed by atoms with Crippen molar-refractivity contribution in [3.63, 3.8) is 0 Å². The van der Waals surface area contributed by atoms with Crippen molar-refractivity contribution in [3.05, 3.63) is 29.8 Å². The van der Waals surface area contributed by atoms with Gasteiger partial charge in [-0.2, -0.15) is 0 Å². The summed E-state index contributed by atoms with van der Waals surface area (Å²) in [5.74, 6) is -0.846. The summed E-state index contributed by atoms with van der Waals surface area (Å²) in [4.78, 5) is 57.1. The number of anilines is 1. The first-order chi connectivity index (χ1) is 16.0. The summed E-state index contributed by atoms with van der Waals surface area (Å²) in [5.41, 5.74) is 7.36. The number of nitrogens with zero attached hydrogens (tertiary/aromatic N) is 3. The second kappa shape index (κ2) is 10.5. The van der Waals surface area contributed by atoms with Crippen molar-refractivity contribution in [2.75, 3.05) is 32.1 Å². The van der Waals surface area contributed by atoms with Crippen LogP contribution in [-0.2, 0) is 14.4 Å². The molecule has 9 nitrogen and oxygen atoms in total. The molecule has 2 fully saturated rings. The smallest absolute Gasteiger partial charge is 0.251 e. The second-order valence-electron chi connectivity index (χ2n) is 9.88. The molecule has 0 aromatic heterocycles. The van der Waals surface area contributed by atoms with Gasteiger partial charge in [-0.1, -0.05) is 20.8 Å². The van der Waals surface area contributed by atoms with Crippen molar-refractivity contribution < 1.29 is 19.2 Å². The van der Waals surface area contributed by atoms with Gasteiger partial charge in [-0.05, 0) is 49.4 Å². The number of rotatable bonds is 8. The van der Waals surface area contributed by atoms with Crippen LogP contribution in [0.5, 0.6) is 0 Å². The standard InChI is InChI=1S/C25H37N5O4/c1-6-18(26)24(33)30-14-21(31)22-20(30)11-12-29(22)25(34)19(13-15(2)3)27-23(32)16-7-9-17(10-8-16)28(4)5/h7-10,15,18-20,22H,6,11-14,26H2,1-5H3,(H,27,32)/t18-,19-,20?,22?/m0/s1. The molecule has 0 bridgehead atoms. The Morgan fingerprint density at radius 3 is 2.32 bits per heavy atom. The molecule has 3 rings (SSSR count). The van der Waals surface area contributed by atoms with Gasteiger partial charge in [-0.3, -0.25) is 19.2 Å². The number of ketones is 1. The molecule has 2 unspecified atom stereocenters. The van der Waals surface area contributed by atoms with Crippen molar-refractivity contribution in [1.82, 2.24) is 15.1 Å². The van der Waals surface area contributed by atoms with Gasteiger partial charge in [0, 0.05) is 31.9 Å². The van der Waals surface area contributed by atoms with Gasteiger partial charge in [0.15, 0.2) is 5.78 Å². The largest absolute Gasteiger partial charge is 0.378 e. The highest BCUT2D eigenvalue weighted by Gasteiger charge is 2.52. The number of carbonyl (C=O) groups excluding carboxylic acids is 4. The fourth-order valence-corrected chi connectivity index (χ4v) is 4.79. The molecule has 3 amide bonds. The van der Waals surface area contributed by atoms with Gasteiger partial charge in [0.05, 0.1) is 18.6 Å². The molecule has 1 aromatic carbocycles. The SMILES string of the molecule is CC[C@H](N)C(=O)N1CC(=O)C2C1CCN2C(=O)[C@H](CC(C)C)NC(=O)c1ccc(N(C)C)cc1. The fourth-order valence-electron chi connectivity index (χ4n) is 4.79. The minimum Gasteiger partial charge on any atom is -0.378 e. The summed E-state index contributed by atoms with van der Waals surface area (Å²) in [6, 6.07) is 4.73. The molecule has 1 aromatic rings. The van der Waals surface area contributed by atoms with E-state index in [9.17, 15) is 19.2 Å². The van der Waals surface area contributed by atoms with E-state index in [0.717, 1.165) is 5.69 Å². The van der Waals surface area contributed by atoms with Gasteiger partial charge < -0.3 is 25.8 Å². The molecule has 0 spiro atoms. The first-order valence-corrected chi connectivity index (χ1v) is 12.0. The van der Waals surface area contributed by atoms with Crippen molar-refractivity contribution in [1.29, 1.82) is 0 Å². The normalized spacial score (nSPS) is 21.4. The van der Waals surface area contributed by atoms with Crippen LogP contribution in [0, 0.1) is 5.92 Å². The summed E-state index contributed by atoms with van der Waals surface area (Å²) in [6.07, 6.45) is 1.46. The number of carbonyl (C=O) groups is 4. The zero-order valence-corrected chi connectivity index (χ0v) is 20.8. The lowest BCUT2D eigenvalue weighted by Gasteiger charge is -2.29. The maximum Gasteiger partial charge on any atom is 0.251 e. The van der Waals surface area contributed by atoms with E-state index in [1.165, 1.54) is 4.90 Å². The Balaban J connectivity index is 1.76. The number of Topliss-reactive ketones (excluding diaryl/α,β-unsaturated/α-hetero) is 1. The number of hydrogen-bond donors (Lipinski definition) is 2. The lowest BCUT2D eigenvalue weighted by molar-refractivity contribution is -0.138. The molecule has 2 aliphatic rings. The van der Waals surface area contributed by atoms with Gasteiger partial charge in [-0.15, -0.1) is 0 Å². The van der Waals surface area contributed by atoms with Crippen LogP contribution in [0.4, 0.5) is 5.69 Å². The predicted molar refractivity (Wildman–Crippen MR) is 130 cm³/mol. The molecule has 2 saturated heterocycles. The average molecular weight is 472 g/mol. The molecule has 0 radical (unpaired) electrons. The van der Waals surface area contributed by atoms with E-state index in [1.54, 1.807) is 17.0 Å².